The lowest BCUT2D eigenvalue weighted by Crippen LogP contribution is -2.30. The molecule has 0 saturated carbocycles. The van der Waals surface area contributed by atoms with Crippen molar-refractivity contribution in [2.45, 2.75) is 44.2 Å². The van der Waals surface area contributed by atoms with E-state index in [9.17, 15) is 0 Å². The third-order valence-electron chi connectivity index (χ3n) is 2.49. The molecule has 5 heteroatoms. The second-order valence-corrected chi connectivity index (χ2v) is 4.31. The summed E-state index contributed by atoms with van der Waals surface area (Å²) in [5.74, 6) is -0.180. The smallest absolute Gasteiger partial charge is 0.186 e. The highest BCUT2D eigenvalue weighted by Gasteiger charge is 2.55. The minimum absolute atomic E-state index is 0.118. The van der Waals surface area contributed by atoms with Crippen molar-refractivity contribution in [1.82, 2.24) is 0 Å². The van der Waals surface area contributed by atoms with Gasteiger partial charge in [-0.25, -0.2) is 0 Å². The van der Waals surface area contributed by atoms with E-state index in [1.807, 2.05) is 13.8 Å². The normalized spacial score (nSPS) is 45.4. The van der Waals surface area contributed by atoms with E-state index in [-0.39, 0.29) is 24.6 Å². The molecule has 2 heterocycles. The molecule has 0 radical (unpaired) electrons. The third-order valence-corrected chi connectivity index (χ3v) is 2.80. The number of hydrogen-bond acceptors (Lipinski definition) is 4. The summed E-state index contributed by atoms with van der Waals surface area (Å²) in [5, 5.41) is 0. The topological polar surface area (TPSA) is 36.9 Å². The first-order chi connectivity index (χ1) is 6.57. The molecule has 0 aromatic rings. The van der Waals surface area contributed by atoms with Gasteiger partial charge in [0, 0.05) is 7.11 Å². The number of rotatable bonds is 2. The fourth-order valence-electron chi connectivity index (χ4n) is 1.96. The minimum atomic E-state index is -0.569. The van der Waals surface area contributed by atoms with Gasteiger partial charge in [-0.3, -0.25) is 0 Å². The van der Waals surface area contributed by atoms with Gasteiger partial charge in [0.05, 0.1) is 5.88 Å². The molecule has 0 N–H and O–H groups in total. The molecular formula is C9H15ClO4. The maximum atomic E-state index is 5.77. The monoisotopic (exact) mass is 222 g/mol. The SMILES string of the molecule is CO[C@@H]1O[C@H](CCl)C2OC(C)(C)OC21. The lowest BCUT2D eigenvalue weighted by Gasteiger charge is -2.22. The molecule has 4 nitrogen and oxygen atoms in total. The van der Waals surface area contributed by atoms with Crippen LogP contribution in [0.1, 0.15) is 13.8 Å². The van der Waals surface area contributed by atoms with Crippen LogP contribution >= 0.6 is 11.6 Å². The molecule has 2 aliphatic heterocycles. The summed E-state index contributed by atoms with van der Waals surface area (Å²) in [5.41, 5.74) is 0. The van der Waals surface area contributed by atoms with Gasteiger partial charge in [-0.15, -0.1) is 11.6 Å². The average Bonchev–Trinajstić information content (AvgIpc) is 2.57. The molecule has 2 saturated heterocycles. The van der Waals surface area contributed by atoms with Crippen LogP contribution in [0.4, 0.5) is 0 Å². The standard InChI is InChI=1S/C9H15ClO4/c1-9(2)13-6-5(4-10)12-8(11-3)7(6)14-9/h5-8H,4H2,1-3H3/t5-,6?,7?,8-/m1/s1. The van der Waals surface area contributed by atoms with Gasteiger partial charge < -0.3 is 18.9 Å². The molecule has 4 atom stereocenters. The second-order valence-electron chi connectivity index (χ2n) is 4.00. The van der Waals surface area contributed by atoms with Crippen LogP contribution in [0.25, 0.3) is 0 Å². The summed E-state index contributed by atoms with van der Waals surface area (Å²) < 4.78 is 22.1. The first-order valence-corrected chi connectivity index (χ1v) is 5.21. The predicted molar refractivity (Wildman–Crippen MR) is 50.2 cm³/mol. The van der Waals surface area contributed by atoms with Gasteiger partial charge in [0.25, 0.3) is 0 Å². The Bertz CT molecular complexity index is 201. The Labute approximate surface area is 88.4 Å². The van der Waals surface area contributed by atoms with E-state index in [4.69, 9.17) is 30.5 Å². The highest BCUT2D eigenvalue weighted by Crippen LogP contribution is 2.39. The van der Waals surface area contributed by atoms with Crippen molar-refractivity contribution in [2.24, 2.45) is 0 Å². The Morgan fingerprint density at radius 3 is 2.50 bits per heavy atom. The largest absolute Gasteiger partial charge is 0.353 e. The summed E-state index contributed by atoms with van der Waals surface area (Å²) in [6, 6.07) is 0. The molecule has 2 unspecified atom stereocenters. The molecule has 2 rings (SSSR count). The Hall–Kier alpha value is 0.130. The number of hydrogen-bond donors (Lipinski definition) is 0. The maximum absolute atomic E-state index is 5.77. The molecule has 2 aliphatic rings. The van der Waals surface area contributed by atoms with E-state index in [0.717, 1.165) is 0 Å². The Kier molecular flexibility index (Phi) is 2.74. The van der Waals surface area contributed by atoms with Gasteiger partial charge in [-0.05, 0) is 13.8 Å². The quantitative estimate of drug-likeness (QED) is 0.656. The summed E-state index contributed by atoms with van der Waals surface area (Å²) in [6.07, 6.45) is -0.801. The van der Waals surface area contributed by atoms with Gasteiger partial charge in [0.2, 0.25) is 0 Å². The zero-order valence-corrected chi connectivity index (χ0v) is 9.28. The van der Waals surface area contributed by atoms with Crippen molar-refractivity contribution in [1.29, 1.82) is 0 Å². The summed E-state index contributed by atoms with van der Waals surface area (Å²) in [6.45, 7) is 3.76. The molecule has 82 valence electrons. The Balaban J connectivity index is 2.12. The fraction of sp³-hybridized carbons (Fsp3) is 1.00. The lowest BCUT2D eigenvalue weighted by molar-refractivity contribution is -0.224. The number of ether oxygens (including phenoxy) is 4. The molecule has 14 heavy (non-hydrogen) atoms. The maximum Gasteiger partial charge on any atom is 0.186 e. The number of fused-ring (bicyclic) bond motifs is 1. The lowest BCUT2D eigenvalue weighted by atomic mass is 10.2. The second kappa shape index (κ2) is 3.61. The number of alkyl halides is 1. The third kappa shape index (κ3) is 1.66. The zero-order valence-electron chi connectivity index (χ0n) is 8.53. The van der Waals surface area contributed by atoms with Crippen molar-refractivity contribution < 1.29 is 18.9 Å². The van der Waals surface area contributed by atoms with Crippen LogP contribution < -0.4 is 0 Å². The molecule has 0 spiro atoms. The van der Waals surface area contributed by atoms with E-state index >= 15 is 0 Å². The summed E-state index contributed by atoms with van der Waals surface area (Å²) >= 11 is 5.77. The predicted octanol–water partition coefficient (Wildman–Crippen LogP) is 1.12. The molecule has 0 amide bonds. The molecule has 2 fully saturated rings. The average molecular weight is 223 g/mol. The molecule has 0 aromatic carbocycles. The first kappa shape index (κ1) is 10.6. The van der Waals surface area contributed by atoms with Crippen LogP contribution in [0.15, 0.2) is 0 Å². The van der Waals surface area contributed by atoms with Crippen LogP contribution in [-0.4, -0.2) is 43.4 Å². The summed E-state index contributed by atoms with van der Waals surface area (Å²) in [7, 11) is 1.59. The molecule has 0 aromatic heterocycles. The van der Waals surface area contributed by atoms with Gasteiger partial charge in [-0.2, -0.15) is 0 Å². The molecule has 0 bridgehead atoms. The van der Waals surface area contributed by atoms with Crippen molar-refractivity contribution >= 4 is 11.6 Å². The fourth-order valence-corrected chi connectivity index (χ4v) is 2.20. The van der Waals surface area contributed by atoms with Gasteiger partial charge in [0.15, 0.2) is 12.1 Å². The van der Waals surface area contributed by atoms with Gasteiger partial charge >= 0.3 is 0 Å². The Morgan fingerprint density at radius 1 is 1.29 bits per heavy atom. The first-order valence-electron chi connectivity index (χ1n) is 4.67. The van der Waals surface area contributed by atoms with E-state index in [0.29, 0.717) is 5.88 Å². The van der Waals surface area contributed by atoms with Crippen molar-refractivity contribution in [2.75, 3.05) is 13.0 Å². The number of methoxy groups -OCH3 is 1. The number of halogens is 1. The van der Waals surface area contributed by atoms with E-state index in [1.54, 1.807) is 7.11 Å². The van der Waals surface area contributed by atoms with Crippen molar-refractivity contribution in [3.63, 3.8) is 0 Å². The van der Waals surface area contributed by atoms with Crippen LogP contribution in [0, 0.1) is 0 Å². The summed E-state index contributed by atoms with van der Waals surface area (Å²) in [4.78, 5) is 0. The van der Waals surface area contributed by atoms with Crippen LogP contribution in [0.3, 0.4) is 0 Å². The van der Waals surface area contributed by atoms with Crippen LogP contribution in [-0.2, 0) is 18.9 Å². The van der Waals surface area contributed by atoms with E-state index in [2.05, 4.69) is 0 Å². The van der Waals surface area contributed by atoms with Gasteiger partial charge in [0.1, 0.15) is 18.3 Å². The Morgan fingerprint density at radius 2 is 1.93 bits per heavy atom. The highest BCUT2D eigenvalue weighted by molar-refractivity contribution is 6.18. The minimum Gasteiger partial charge on any atom is -0.353 e. The van der Waals surface area contributed by atoms with E-state index in [1.165, 1.54) is 0 Å². The van der Waals surface area contributed by atoms with Gasteiger partial charge in [-0.1, -0.05) is 0 Å². The van der Waals surface area contributed by atoms with Crippen LogP contribution in [0.5, 0.6) is 0 Å². The van der Waals surface area contributed by atoms with Crippen molar-refractivity contribution in [3.05, 3.63) is 0 Å². The highest BCUT2D eigenvalue weighted by atomic mass is 35.5. The molecular weight excluding hydrogens is 208 g/mol. The molecule has 0 aliphatic carbocycles. The van der Waals surface area contributed by atoms with Crippen molar-refractivity contribution in [3.8, 4) is 0 Å². The van der Waals surface area contributed by atoms with Crippen LogP contribution in [0.2, 0.25) is 0 Å². The van der Waals surface area contributed by atoms with E-state index < -0.39 is 5.79 Å². The zero-order chi connectivity index (χ0) is 10.3.